The van der Waals surface area contributed by atoms with Crippen molar-refractivity contribution in [1.29, 1.82) is 0 Å². The molecule has 13 heteroatoms. The van der Waals surface area contributed by atoms with Gasteiger partial charge in [0.15, 0.2) is 0 Å². The quantitative estimate of drug-likeness (QED) is 0.396. The van der Waals surface area contributed by atoms with Crippen molar-refractivity contribution in [2.45, 2.75) is 87.9 Å². The molecule has 2 aromatic carbocycles. The molecule has 3 heterocycles. The van der Waals surface area contributed by atoms with Gasteiger partial charge in [0.1, 0.15) is 17.5 Å². The second kappa shape index (κ2) is 15.0. The van der Waals surface area contributed by atoms with Gasteiger partial charge in [0.25, 0.3) is 15.9 Å². The van der Waals surface area contributed by atoms with Crippen molar-refractivity contribution < 1.29 is 32.2 Å². The van der Waals surface area contributed by atoms with E-state index in [1.807, 2.05) is 25.3 Å². The van der Waals surface area contributed by atoms with Crippen LogP contribution in [0.25, 0.3) is 0 Å². The topological polar surface area (TPSA) is 127 Å². The number of carbonyl (C=O) groups is 2. The number of benzene rings is 2. The molecule has 3 aliphatic heterocycles. The predicted octanol–water partition coefficient (Wildman–Crippen LogP) is 5.44. The fourth-order valence-electron chi connectivity index (χ4n) is 8.16. The number of likely N-dealkylation sites (N-methyl/N-ethyl adjacent to an activating group) is 1. The minimum Gasteiger partial charge on any atom is -0.490 e. The Morgan fingerprint density at radius 3 is 2.73 bits per heavy atom. The highest BCUT2D eigenvalue weighted by atomic mass is 35.5. The summed E-state index contributed by atoms with van der Waals surface area (Å²) in [4.78, 5) is 31.0. The maximum Gasteiger partial charge on any atom is 0.407 e. The van der Waals surface area contributed by atoms with Gasteiger partial charge in [0.2, 0.25) is 0 Å². The lowest BCUT2D eigenvalue weighted by Gasteiger charge is -2.42. The first kappa shape index (κ1) is 37.4. The van der Waals surface area contributed by atoms with E-state index < -0.39 is 33.7 Å². The summed E-state index contributed by atoms with van der Waals surface area (Å²) < 4.78 is 48.2. The van der Waals surface area contributed by atoms with E-state index >= 15 is 0 Å². The maximum absolute atomic E-state index is 13.7. The molecule has 0 saturated carbocycles. The number of amides is 2. The molecule has 0 unspecified atom stereocenters. The smallest absolute Gasteiger partial charge is 0.407 e. The van der Waals surface area contributed by atoms with Crippen LogP contribution in [0.3, 0.4) is 0 Å². The lowest BCUT2D eigenvalue weighted by molar-refractivity contribution is -0.139. The van der Waals surface area contributed by atoms with Gasteiger partial charge < -0.3 is 29.3 Å². The van der Waals surface area contributed by atoms with E-state index in [4.69, 9.17) is 25.8 Å². The SMILES string of the molecule is CC[C@H]1[C@@H](OC(=O)N[C@@H]2CCN(C)C2)/C=C/COC(C)(C)C(=O)NS(=O)(=O)c2ccc3c(c2)N(C[C@@H]1C)C[C@@]1(CCCc2cc(Cl)ccc21)CO3. The predicted molar refractivity (Wildman–Crippen MR) is 197 cm³/mol. The van der Waals surface area contributed by atoms with Crippen LogP contribution in [0.2, 0.25) is 5.02 Å². The summed E-state index contributed by atoms with van der Waals surface area (Å²) in [5.41, 5.74) is 1.17. The molecular weight excluding hydrogens is 692 g/mol. The molecule has 278 valence electrons. The number of fused-ring (bicyclic) bond motifs is 3. The van der Waals surface area contributed by atoms with Crippen LogP contribution in [0.1, 0.15) is 64.5 Å². The molecule has 1 saturated heterocycles. The van der Waals surface area contributed by atoms with Crippen LogP contribution in [0, 0.1) is 11.8 Å². The third-order valence-corrected chi connectivity index (χ3v) is 12.6. The largest absolute Gasteiger partial charge is 0.490 e. The van der Waals surface area contributed by atoms with Crippen molar-refractivity contribution in [3.8, 4) is 5.75 Å². The van der Waals surface area contributed by atoms with Gasteiger partial charge in [0.05, 0.1) is 23.8 Å². The average Bonchev–Trinajstić information content (AvgIpc) is 3.41. The molecule has 0 radical (unpaired) electrons. The molecule has 2 N–H and O–H groups in total. The molecule has 2 amide bonds. The molecule has 11 nitrogen and oxygen atoms in total. The second-order valence-electron chi connectivity index (χ2n) is 15.2. The van der Waals surface area contributed by atoms with Gasteiger partial charge in [-0.3, -0.25) is 4.79 Å². The van der Waals surface area contributed by atoms with Gasteiger partial charge in [-0.05, 0) is 113 Å². The highest BCUT2D eigenvalue weighted by Gasteiger charge is 2.43. The number of anilines is 1. The Balaban J connectivity index is 1.40. The number of nitrogens with zero attached hydrogens (tertiary/aromatic N) is 2. The number of hydrogen-bond donors (Lipinski definition) is 2. The molecular formula is C38H51ClN4O7S. The molecule has 1 fully saturated rings. The van der Waals surface area contributed by atoms with Crippen LogP contribution in [-0.4, -0.2) is 89.5 Å². The van der Waals surface area contributed by atoms with Crippen molar-refractivity contribution in [2.24, 2.45) is 11.8 Å². The standard InChI is InChI=1S/C38H51ClN4O7S/c1-6-30-25(2)21-43-23-38(16-7-9-26-19-27(39)11-13-31(26)38)24-48-34-14-12-29(20-32(34)43)51(46,47)41-35(44)37(3,4)49-18-8-10-33(30)50-36(45)40-28-15-17-42(5)22-28/h8,10-14,19-20,25,28,30,33H,6-7,9,15-18,21-24H2,1-5H3,(H,40,45)(H,41,44)/b10-8+/t25-,28+,30+,33-,38-/m0/s1. The van der Waals surface area contributed by atoms with Crippen molar-refractivity contribution >= 4 is 39.3 Å². The minimum absolute atomic E-state index is 0.00837. The highest BCUT2D eigenvalue weighted by molar-refractivity contribution is 7.90. The Morgan fingerprint density at radius 2 is 1.98 bits per heavy atom. The maximum atomic E-state index is 13.7. The number of likely N-dealkylation sites (tertiary alicyclic amines) is 1. The fourth-order valence-corrected chi connectivity index (χ4v) is 9.48. The molecule has 6 rings (SSSR count). The summed E-state index contributed by atoms with van der Waals surface area (Å²) >= 11 is 6.45. The summed E-state index contributed by atoms with van der Waals surface area (Å²) in [6.07, 6.45) is 6.87. The zero-order valence-electron chi connectivity index (χ0n) is 30.2. The number of aryl methyl sites for hydroxylation is 1. The minimum atomic E-state index is -4.26. The van der Waals surface area contributed by atoms with Gasteiger partial charge in [0, 0.05) is 42.0 Å². The summed E-state index contributed by atoms with van der Waals surface area (Å²) in [5.74, 6) is -0.347. The van der Waals surface area contributed by atoms with E-state index in [1.165, 1.54) is 31.0 Å². The summed E-state index contributed by atoms with van der Waals surface area (Å²) in [6, 6.07) is 10.8. The van der Waals surface area contributed by atoms with Gasteiger partial charge in [-0.2, -0.15) is 0 Å². The molecule has 2 bridgehead atoms. The number of ether oxygens (including phenoxy) is 3. The lowest BCUT2D eigenvalue weighted by Crippen LogP contribution is -2.48. The normalized spacial score (nSPS) is 30.0. The van der Waals surface area contributed by atoms with Crippen LogP contribution in [0.4, 0.5) is 10.5 Å². The van der Waals surface area contributed by atoms with E-state index in [-0.39, 0.29) is 34.8 Å². The van der Waals surface area contributed by atoms with E-state index in [2.05, 4.69) is 39.8 Å². The van der Waals surface area contributed by atoms with Crippen molar-refractivity contribution in [2.75, 3.05) is 51.3 Å². The van der Waals surface area contributed by atoms with Crippen molar-refractivity contribution in [1.82, 2.24) is 14.9 Å². The van der Waals surface area contributed by atoms with Gasteiger partial charge in [-0.15, -0.1) is 0 Å². The highest BCUT2D eigenvalue weighted by Crippen LogP contribution is 2.45. The molecule has 4 aliphatic rings. The van der Waals surface area contributed by atoms with Crippen LogP contribution in [0.5, 0.6) is 5.75 Å². The van der Waals surface area contributed by atoms with Crippen molar-refractivity contribution in [3.05, 3.63) is 64.7 Å². The van der Waals surface area contributed by atoms with E-state index in [0.29, 0.717) is 42.6 Å². The second-order valence-corrected chi connectivity index (χ2v) is 17.3. The van der Waals surface area contributed by atoms with Crippen LogP contribution in [-0.2, 0) is 36.1 Å². The van der Waals surface area contributed by atoms with Crippen LogP contribution >= 0.6 is 11.6 Å². The van der Waals surface area contributed by atoms with Crippen LogP contribution in [0.15, 0.2) is 53.4 Å². The van der Waals surface area contributed by atoms with Crippen molar-refractivity contribution in [3.63, 3.8) is 0 Å². The molecule has 0 aromatic heterocycles. The Hall–Kier alpha value is -3.32. The zero-order valence-corrected chi connectivity index (χ0v) is 31.8. The number of rotatable bonds is 3. The molecule has 2 aromatic rings. The Bertz CT molecular complexity index is 1770. The van der Waals surface area contributed by atoms with Gasteiger partial charge in [-0.25, -0.2) is 17.9 Å². The monoisotopic (exact) mass is 742 g/mol. The number of nitrogens with one attached hydrogen (secondary N) is 2. The Morgan fingerprint density at radius 1 is 1.18 bits per heavy atom. The summed E-state index contributed by atoms with van der Waals surface area (Å²) in [7, 11) is -2.22. The molecule has 1 aliphatic carbocycles. The number of alkyl carbamates (subject to hydrolysis) is 1. The third-order valence-electron chi connectivity index (χ3n) is 11.0. The van der Waals surface area contributed by atoms with Gasteiger partial charge in [-0.1, -0.05) is 37.6 Å². The first-order valence-corrected chi connectivity index (χ1v) is 19.9. The first-order chi connectivity index (χ1) is 24.2. The zero-order chi connectivity index (χ0) is 36.6. The Labute approximate surface area is 307 Å². The number of hydrogen-bond acceptors (Lipinski definition) is 9. The number of sulfonamides is 1. The fraction of sp³-hybridized carbons (Fsp3) is 0.579. The summed E-state index contributed by atoms with van der Waals surface area (Å²) in [5, 5.41) is 3.75. The molecule has 1 spiro atoms. The van der Waals surface area contributed by atoms with E-state index in [9.17, 15) is 18.0 Å². The Kier molecular flexibility index (Phi) is 11.0. The first-order valence-electron chi connectivity index (χ1n) is 18.0. The van der Waals surface area contributed by atoms with Crippen LogP contribution < -0.4 is 19.7 Å². The van der Waals surface area contributed by atoms with Gasteiger partial charge >= 0.3 is 6.09 Å². The number of carbonyl (C=O) groups excluding carboxylic acids is 2. The molecule has 51 heavy (non-hydrogen) atoms. The average molecular weight is 743 g/mol. The lowest BCUT2D eigenvalue weighted by atomic mass is 9.70. The third kappa shape index (κ3) is 8.19. The molecule has 5 atom stereocenters. The summed E-state index contributed by atoms with van der Waals surface area (Å²) in [6.45, 7) is 10.5. The number of halogens is 1. The van der Waals surface area contributed by atoms with E-state index in [0.717, 1.165) is 38.8 Å². The van der Waals surface area contributed by atoms with E-state index in [1.54, 1.807) is 18.2 Å².